The Morgan fingerprint density at radius 1 is 1.08 bits per heavy atom. The molecule has 0 saturated heterocycles. The molecular formula is C27H26FIN4O5S. The topological polar surface area (TPSA) is 112 Å². The molecule has 204 valence electrons. The Bertz CT molecular complexity index is 1600. The molecule has 4 rings (SSSR count). The van der Waals surface area contributed by atoms with E-state index < -0.39 is 10.1 Å². The SMILES string of the molecule is C/C(=N\OCCOS(C)(=O)=O)c1ccc2ncnc(Nc3ccc(OCc4cccc(F)c4)c(CI)c3)c2c1. The molecule has 12 heteroatoms. The molecule has 0 aliphatic rings. The largest absolute Gasteiger partial charge is 0.489 e. The van der Waals surface area contributed by atoms with Gasteiger partial charge in [-0.25, -0.2) is 14.4 Å². The van der Waals surface area contributed by atoms with Gasteiger partial charge in [-0.1, -0.05) is 45.9 Å². The van der Waals surface area contributed by atoms with Gasteiger partial charge < -0.3 is 14.9 Å². The van der Waals surface area contributed by atoms with Gasteiger partial charge in [-0.2, -0.15) is 8.42 Å². The van der Waals surface area contributed by atoms with Crippen LogP contribution < -0.4 is 10.1 Å². The number of alkyl halides is 1. The molecular weight excluding hydrogens is 638 g/mol. The second-order valence-electron chi connectivity index (χ2n) is 8.49. The van der Waals surface area contributed by atoms with Gasteiger partial charge in [-0.05, 0) is 60.5 Å². The van der Waals surface area contributed by atoms with E-state index in [2.05, 4.69) is 47.2 Å². The summed E-state index contributed by atoms with van der Waals surface area (Å²) < 4.78 is 46.9. The molecule has 4 aromatic rings. The number of aromatic nitrogens is 2. The van der Waals surface area contributed by atoms with Crippen LogP contribution in [-0.4, -0.2) is 43.6 Å². The van der Waals surface area contributed by atoms with E-state index in [4.69, 9.17) is 9.57 Å². The van der Waals surface area contributed by atoms with Gasteiger partial charge in [0.1, 0.15) is 43.5 Å². The fraction of sp³-hybridized carbons (Fsp3) is 0.222. The van der Waals surface area contributed by atoms with Crippen molar-refractivity contribution in [3.63, 3.8) is 0 Å². The zero-order chi connectivity index (χ0) is 27.8. The number of nitrogens with zero attached hydrogens (tertiary/aromatic N) is 3. The highest BCUT2D eigenvalue weighted by Gasteiger charge is 2.10. The first-order chi connectivity index (χ1) is 18.7. The van der Waals surface area contributed by atoms with Gasteiger partial charge in [0.15, 0.2) is 0 Å². The minimum Gasteiger partial charge on any atom is -0.489 e. The van der Waals surface area contributed by atoms with Crippen LogP contribution in [0.15, 0.2) is 72.1 Å². The van der Waals surface area contributed by atoms with Gasteiger partial charge in [0.2, 0.25) is 0 Å². The normalized spacial score (nSPS) is 11.9. The average molecular weight is 664 g/mol. The van der Waals surface area contributed by atoms with Crippen LogP contribution in [0.25, 0.3) is 10.9 Å². The van der Waals surface area contributed by atoms with E-state index in [1.807, 2.05) is 42.5 Å². The van der Waals surface area contributed by atoms with Crippen LogP contribution in [-0.2, 0) is 30.2 Å². The zero-order valence-corrected chi connectivity index (χ0v) is 24.2. The van der Waals surface area contributed by atoms with Crippen LogP contribution in [0.3, 0.4) is 0 Å². The predicted octanol–water partition coefficient (Wildman–Crippen LogP) is 5.74. The van der Waals surface area contributed by atoms with Crippen LogP contribution in [0.4, 0.5) is 15.9 Å². The molecule has 0 aliphatic carbocycles. The summed E-state index contributed by atoms with van der Waals surface area (Å²) in [4.78, 5) is 14.0. The molecule has 39 heavy (non-hydrogen) atoms. The van der Waals surface area contributed by atoms with Crippen molar-refractivity contribution in [1.29, 1.82) is 0 Å². The lowest BCUT2D eigenvalue weighted by Gasteiger charge is -2.14. The van der Waals surface area contributed by atoms with Crippen LogP contribution in [0.1, 0.15) is 23.6 Å². The van der Waals surface area contributed by atoms with E-state index in [0.717, 1.165) is 45.3 Å². The Morgan fingerprint density at radius 3 is 2.69 bits per heavy atom. The molecule has 0 spiro atoms. The third-order valence-corrected chi connectivity index (χ3v) is 6.89. The van der Waals surface area contributed by atoms with Crippen LogP contribution in [0, 0.1) is 5.82 Å². The zero-order valence-electron chi connectivity index (χ0n) is 21.2. The first-order valence-corrected chi connectivity index (χ1v) is 15.2. The molecule has 9 nitrogen and oxygen atoms in total. The number of ether oxygens (including phenoxy) is 1. The molecule has 0 unspecified atom stereocenters. The molecule has 0 fully saturated rings. The summed E-state index contributed by atoms with van der Waals surface area (Å²) in [6.45, 7) is 1.92. The van der Waals surface area contributed by atoms with Gasteiger partial charge in [-0.15, -0.1) is 0 Å². The molecule has 1 heterocycles. The number of anilines is 2. The van der Waals surface area contributed by atoms with Crippen molar-refractivity contribution in [3.05, 3.63) is 89.5 Å². The standard InChI is InChI=1S/C27H26FIN4O5S/c1-18(33-37-10-11-38-39(2,34)35)20-6-8-25-24(14-20)27(31-17-30-25)32-23-7-9-26(21(13-23)15-29)36-16-19-4-3-5-22(28)12-19/h3-9,12-14,17H,10-11,15-16H2,1-2H3,(H,30,31,32)/b33-18+. The number of nitrogens with one attached hydrogen (secondary N) is 1. The number of benzene rings is 3. The van der Waals surface area contributed by atoms with Crippen molar-refractivity contribution >= 4 is 60.8 Å². The number of hydrogen-bond acceptors (Lipinski definition) is 9. The van der Waals surface area contributed by atoms with Gasteiger partial charge in [0.25, 0.3) is 10.1 Å². The van der Waals surface area contributed by atoms with Gasteiger partial charge in [0, 0.05) is 21.1 Å². The van der Waals surface area contributed by atoms with Gasteiger partial charge >= 0.3 is 0 Å². The molecule has 3 aromatic carbocycles. The lowest BCUT2D eigenvalue weighted by molar-refractivity contribution is 0.109. The van der Waals surface area contributed by atoms with Gasteiger partial charge in [-0.3, -0.25) is 4.18 Å². The Kier molecular flexibility index (Phi) is 9.64. The minimum absolute atomic E-state index is 0.00496. The van der Waals surface area contributed by atoms with Crippen LogP contribution >= 0.6 is 22.6 Å². The van der Waals surface area contributed by atoms with E-state index in [9.17, 15) is 12.8 Å². The second kappa shape index (κ2) is 13.1. The highest BCUT2D eigenvalue weighted by Crippen LogP contribution is 2.30. The molecule has 1 N–H and O–H groups in total. The summed E-state index contributed by atoms with van der Waals surface area (Å²) >= 11 is 2.28. The second-order valence-corrected chi connectivity index (χ2v) is 10.9. The Hall–Kier alpha value is -3.36. The van der Waals surface area contributed by atoms with Gasteiger partial charge in [0.05, 0.1) is 17.5 Å². The van der Waals surface area contributed by atoms with Crippen molar-refractivity contribution in [2.24, 2.45) is 5.16 Å². The first-order valence-electron chi connectivity index (χ1n) is 11.8. The molecule has 0 atom stereocenters. The van der Waals surface area contributed by atoms with Crippen molar-refractivity contribution in [3.8, 4) is 5.75 Å². The predicted molar refractivity (Wildman–Crippen MR) is 157 cm³/mol. The smallest absolute Gasteiger partial charge is 0.264 e. The molecule has 1 aromatic heterocycles. The van der Waals surface area contributed by atoms with Crippen molar-refractivity contribution < 1.29 is 26.6 Å². The Balaban J connectivity index is 1.49. The minimum atomic E-state index is -3.52. The summed E-state index contributed by atoms with van der Waals surface area (Å²) in [6, 6.07) is 17.8. The maximum atomic E-state index is 13.5. The lowest BCUT2D eigenvalue weighted by atomic mass is 10.1. The molecule has 0 amide bonds. The van der Waals surface area contributed by atoms with Crippen molar-refractivity contribution in [1.82, 2.24) is 9.97 Å². The average Bonchev–Trinajstić information content (AvgIpc) is 2.91. The summed E-state index contributed by atoms with van der Waals surface area (Å²) in [6.07, 6.45) is 2.47. The van der Waals surface area contributed by atoms with E-state index in [-0.39, 0.29) is 25.6 Å². The monoisotopic (exact) mass is 664 g/mol. The molecule has 0 radical (unpaired) electrons. The fourth-order valence-corrected chi connectivity index (χ4v) is 4.59. The fourth-order valence-electron chi connectivity index (χ4n) is 3.63. The third-order valence-electron chi connectivity index (χ3n) is 5.48. The Labute approximate surface area is 239 Å². The van der Waals surface area contributed by atoms with Crippen LogP contribution in [0.5, 0.6) is 5.75 Å². The molecule has 0 aliphatic heterocycles. The highest BCUT2D eigenvalue weighted by atomic mass is 127. The van der Waals surface area contributed by atoms with E-state index >= 15 is 0 Å². The Morgan fingerprint density at radius 2 is 1.92 bits per heavy atom. The third kappa shape index (κ3) is 8.31. The van der Waals surface area contributed by atoms with Crippen molar-refractivity contribution in [2.45, 2.75) is 18.0 Å². The molecule has 0 bridgehead atoms. The van der Waals surface area contributed by atoms with Crippen LogP contribution in [0.2, 0.25) is 0 Å². The number of fused-ring (bicyclic) bond motifs is 1. The summed E-state index contributed by atoms with van der Waals surface area (Å²) in [5.74, 6) is 1.05. The van der Waals surface area contributed by atoms with E-state index in [1.54, 1.807) is 13.0 Å². The summed E-state index contributed by atoms with van der Waals surface area (Å²) in [5, 5.41) is 8.21. The number of hydrogen-bond donors (Lipinski definition) is 1. The lowest BCUT2D eigenvalue weighted by Crippen LogP contribution is -2.08. The highest BCUT2D eigenvalue weighted by molar-refractivity contribution is 14.1. The summed E-state index contributed by atoms with van der Waals surface area (Å²) in [5.41, 5.74) is 4.69. The quantitative estimate of drug-likeness (QED) is 0.0510. The number of halogens is 2. The summed E-state index contributed by atoms with van der Waals surface area (Å²) in [7, 11) is -3.52. The molecule has 0 saturated carbocycles. The maximum Gasteiger partial charge on any atom is 0.264 e. The maximum absolute atomic E-state index is 13.5. The number of oxime groups is 1. The first kappa shape index (κ1) is 28.6. The van der Waals surface area contributed by atoms with E-state index in [0.29, 0.717) is 16.0 Å². The van der Waals surface area contributed by atoms with Crippen molar-refractivity contribution in [2.75, 3.05) is 24.8 Å². The van der Waals surface area contributed by atoms with E-state index in [1.165, 1.54) is 18.5 Å². The number of rotatable bonds is 12.